The number of benzene rings is 2. The summed E-state index contributed by atoms with van der Waals surface area (Å²) >= 11 is 0. The highest BCUT2D eigenvalue weighted by molar-refractivity contribution is 6.17. The van der Waals surface area contributed by atoms with Gasteiger partial charge in [-0.05, 0) is 51.1 Å². The van der Waals surface area contributed by atoms with Crippen molar-refractivity contribution >= 4 is 17.6 Å². The molecule has 2 aromatic rings. The molecule has 7 heteroatoms. The molecule has 1 unspecified atom stereocenters. The molecule has 2 aliphatic rings. The van der Waals surface area contributed by atoms with E-state index in [0.29, 0.717) is 18.5 Å². The SMILES string of the molecule is CC(C)Oc1cccc(C[NH+]2CC[C@@]3(C[C@@H]2C)C(=O)NC(=O)N3c2cccc(F)c2)c1. The highest BCUT2D eigenvalue weighted by Gasteiger charge is 2.57. The van der Waals surface area contributed by atoms with E-state index in [4.69, 9.17) is 4.74 Å². The smallest absolute Gasteiger partial charge is 0.329 e. The molecule has 3 amide bonds. The first kappa shape index (κ1) is 21.3. The maximum atomic E-state index is 13.8. The largest absolute Gasteiger partial charge is 0.491 e. The number of urea groups is 1. The summed E-state index contributed by atoms with van der Waals surface area (Å²) in [7, 11) is 0. The Hall–Kier alpha value is -2.93. The Morgan fingerprint density at radius 3 is 2.71 bits per heavy atom. The Labute approximate surface area is 182 Å². The monoisotopic (exact) mass is 426 g/mol. The van der Waals surface area contributed by atoms with Crippen LogP contribution in [0, 0.1) is 5.82 Å². The molecule has 0 bridgehead atoms. The van der Waals surface area contributed by atoms with Gasteiger partial charge in [-0.25, -0.2) is 9.18 Å². The average Bonchev–Trinajstić information content (AvgIpc) is 2.93. The summed E-state index contributed by atoms with van der Waals surface area (Å²) in [6.45, 7) is 7.64. The molecule has 2 N–H and O–H groups in total. The molecule has 0 saturated carbocycles. The normalized spacial score (nSPS) is 25.9. The van der Waals surface area contributed by atoms with E-state index in [1.165, 1.54) is 27.5 Å². The second-order valence-corrected chi connectivity index (χ2v) is 8.86. The summed E-state index contributed by atoms with van der Waals surface area (Å²) in [5, 5.41) is 2.46. The van der Waals surface area contributed by atoms with E-state index in [0.717, 1.165) is 18.8 Å². The lowest BCUT2D eigenvalue weighted by atomic mass is 9.81. The Kier molecular flexibility index (Phi) is 5.71. The zero-order valence-electron chi connectivity index (χ0n) is 18.2. The van der Waals surface area contributed by atoms with Gasteiger partial charge in [0, 0.05) is 24.1 Å². The van der Waals surface area contributed by atoms with Crippen LogP contribution in [0.5, 0.6) is 5.75 Å². The van der Waals surface area contributed by atoms with Gasteiger partial charge in [0.25, 0.3) is 5.91 Å². The summed E-state index contributed by atoms with van der Waals surface area (Å²) in [6, 6.07) is 13.6. The number of amides is 3. The molecule has 2 heterocycles. The summed E-state index contributed by atoms with van der Waals surface area (Å²) < 4.78 is 19.6. The van der Waals surface area contributed by atoms with Crippen molar-refractivity contribution in [3.05, 3.63) is 59.9 Å². The number of hydrogen-bond acceptors (Lipinski definition) is 3. The van der Waals surface area contributed by atoms with E-state index in [-0.39, 0.29) is 18.1 Å². The summed E-state index contributed by atoms with van der Waals surface area (Å²) in [5.41, 5.74) is 0.610. The van der Waals surface area contributed by atoms with Crippen LogP contribution in [0.4, 0.5) is 14.9 Å². The van der Waals surface area contributed by atoms with E-state index < -0.39 is 17.4 Å². The highest BCUT2D eigenvalue weighted by Crippen LogP contribution is 2.36. The number of carbonyl (C=O) groups is 2. The van der Waals surface area contributed by atoms with Crippen molar-refractivity contribution in [2.45, 2.75) is 57.8 Å². The van der Waals surface area contributed by atoms with Crippen LogP contribution < -0.4 is 19.9 Å². The fourth-order valence-corrected chi connectivity index (χ4v) is 4.85. The third-order valence-corrected chi connectivity index (χ3v) is 6.24. The first-order valence-electron chi connectivity index (χ1n) is 10.8. The van der Waals surface area contributed by atoms with Crippen LogP contribution in [-0.4, -0.2) is 36.2 Å². The van der Waals surface area contributed by atoms with Gasteiger partial charge >= 0.3 is 6.03 Å². The van der Waals surface area contributed by atoms with Crippen molar-refractivity contribution in [3.63, 3.8) is 0 Å². The van der Waals surface area contributed by atoms with Crippen LogP contribution in [0.25, 0.3) is 0 Å². The molecule has 0 radical (unpaired) electrons. The maximum absolute atomic E-state index is 13.8. The number of nitrogens with one attached hydrogen (secondary N) is 2. The van der Waals surface area contributed by atoms with Crippen LogP contribution in [0.2, 0.25) is 0 Å². The van der Waals surface area contributed by atoms with Crippen LogP contribution in [0.3, 0.4) is 0 Å². The van der Waals surface area contributed by atoms with Gasteiger partial charge in [0.1, 0.15) is 23.7 Å². The molecular weight excluding hydrogens is 397 g/mol. The molecule has 0 aliphatic carbocycles. The zero-order chi connectivity index (χ0) is 22.2. The van der Waals surface area contributed by atoms with E-state index >= 15 is 0 Å². The van der Waals surface area contributed by atoms with Crippen molar-refractivity contribution < 1.29 is 23.6 Å². The van der Waals surface area contributed by atoms with Gasteiger partial charge in [-0.1, -0.05) is 18.2 Å². The standard InChI is InChI=1S/C24H28FN3O3/c1-16(2)31-21-9-4-6-18(12-21)15-27-11-10-24(14-17(27)3)22(29)26-23(30)28(24)20-8-5-7-19(25)13-20/h4-9,12-13,16-17H,10-11,14-15H2,1-3H3,(H,26,29,30)/p+1/t17-,24+/m0/s1. The van der Waals surface area contributed by atoms with E-state index in [9.17, 15) is 14.0 Å². The van der Waals surface area contributed by atoms with Crippen molar-refractivity contribution in [2.24, 2.45) is 0 Å². The lowest BCUT2D eigenvalue weighted by molar-refractivity contribution is -0.942. The number of hydrogen-bond donors (Lipinski definition) is 2. The Morgan fingerprint density at radius 2 is 2.00 bits per heavy atom. The third kappa shape index (κ3) is 4.14. The van der Waals surface area contributed by atoms with Crippen molar-refractivity contribution in [1.82, 2.24) is 5.32 Å². The Bertz CT molecular complexity index is 996. The van der Waals surface area contributed by atoms with Crippen molar-refractivity contribution in [1.29, 1.82) is 0 Å². The Balaban J connectivity index is 1.53. The third-order valence-electron chi connectivity index (χ3n) is 6.24. The molecule has 1 spiro atoms. The summed E-state index contributed by atoms with van der Waals surface area (Å²) in [5.74, 6) is 0.130. The van der Waals surface area contributed by atoms with Gasteiger partial charge in [0.15, 0.2) is 0 Å². The first-order valence-corrected chi connectivity index (χ1v) is 10.8. The van der Waals surface area contributed by atoms with Gasteiger partial charge in [-0.3, -0.25) is 15.0 Å². The molecule has 2 saturated heterocycles. The molecule has 0 aromatic heterocycles. The van der Waals surface area contributed by atoms with Gasteiger partial charge < -0.3 is 9.64 Å². The zero-order valence-corrected chi connectivity index (χ0v) is 18.2. The molecule has 2 aromatic carbocycles. The minimum atomic E-state index is -0.976. The second kappa shape index (κ2) is 8.30. The number of nitrogens with zero attached hydrogens (tertiary/aromatic N) is 1. The van der Waals surface area contributed by atoms with E-state index in [2.05, 4.69) is 24.4 Å². The number of halogens is 1. The summed E-state index contributed by atoms with van der Waals surface area (Å²) in [4.78, 5) is 28.3. The van der Waals surface area contributed by atoms with Gasteiger partial charge in [0.2, 0.25) is 0 Å². The maximum Gasteiger partial charge on any atom is 0.329 e. The molecule has 3 atom stereocenters. The van der Waals surface area contributed by atoms with Crippen LogP contribution in [0.1, 0.15) is 39.2 Å². The number of imide groups is 1. The van der Waals surface area contributed by atoms with E-state index in [1.54, 1.807) is 12.1 Å². The molecular formula is C24H29FN3O3+. The van der Waals surface area contributed by atoms with Gasteiger partial charge in [-0.2, -0.15) is 0 Å². The first-order chi connectivity index (χ1) is 14.8. The fraction of sp³-hybridized carbons (Fsp3) is 0.417. The molecule has 31 heavy (non-hydrogen) atoms. The number of carbonyl (C=O) groups excluding carboxylic acids is 2. The van der Waals surface area contributed by atoms with Gasteiger partial charge in [-0.15, -0.1) is 0 Å². The van der Waals surface area contributed by atoms with Crippen molar-refractivity contribution in [2.75, 3.05) is 11.4 Å². The molecule has 164 valence electrons. The molecule has 6 nitrogen and oxygen atoms in total. The van der Waals surface area contributed by atoms with Crippen LogP contribution >= 0.6 is 0 Å². The second-order valence-electron chi connectivity index (χ2n) is 8.86. The fourth-order valence-electron chi connectivity index (χ4n) is 4.85. The number of piperidine rings is 1. The van der Waals surface area contributed by atoms with Crippen LogP contribution in [0.15, 0.2) is 48.5 Å². The minimum absolute atomic E-state index is 0.114. The predicted octanol–water partition coefficient (Wildman–Crippen LogP) is 2.68. The van der Waals surface area contributed by atoms with Crippen LogP contribution in [-0.2, 0) is 11.3 Å². The quantitative estimate of drug-likeness (QED) is 0.723. The predicted molar refractivity (Wildman–Crippen MR) is 116 cm³/mol. The lowest BCUT2D eigenvalue weighted by Gasteiger charge is -2.43. The van der Waals surface area contributed by atoms with Gasteiger partial charge in [0.05, 0.1) is 18.7 Å². The lowest BCUT2D eigenvalue weighted by Crippen LogP contribution is -3.16. The van der Waals surface area contributed by atoms with Crippen molar-refractivity contribution in [3.8, 4) is 5.75 Å². The highest BCUT2D eigenvalue weighted by atomic mass is 19.1. The number of likely N-dealkylation sites (tertiary alicyclic amines) is 1. The average molecular weight is 427 g/mol. The number of quaternary nitrogens is 1. The summed E-state index contributed by atoms with van der Waals surface area (Å²) in [6.07, 6.45) is 1.14. The molecule has 2 fully saturated rings. The number of anilines is 1. The molecule has 2 aliphatic heterocycles. The number of ether oxygens (including phenoxy) is 1. The minimum Gasteiger partial charge on any atom is -0.491 e. The molecule has 4 rings (SSSR count). The number of rotatable bonds is 5. The Morgan fingerprint density at radius 1 is 1.23 bits per heavy atom. The van der Waals surface area contributed by atoms with E-state index in [1.807, 2.05) is 26.0 Å². The topological polar surface area (TPSA) is 63.1 Å².